The number of esters is 1. The van der Waals surface area contributed by atoms with Crippen molar-refractivity contribution in [3.05, 3.63) is 35.9 Å². The topological polar surface area (TPSA) is 91.3 Å². The van der Waals surface area contributed by atoms with E-state index in [1.165, 1.54) is 64.2 Å². The summed E-state index contributed by atoms with van der Waals surface area (Å²) in [6.07, 6.45) is 15.6. The number of hydrogen-bond donors (Lipinski definition) is 1. The molecule has 0 aliphatic carbocycles. The fourth-order valence-electron chi connectivity index (χ4n) is 4.18. The van der Waals surface area contributed by atoms with E-state index in [4.69, 9.17) is 18.5 Å². The molecule has 0 spiro atoms. The van der Waals surface area contributed by atoms with Crippen LogP contribution in [-0.2, 0) is 34.5 Å². The Morgan fingerprint density at radius 3 is 1.93 bits per heavy atom. The maximum atomic E-state index is 12.5. The minimum atomic E-state index is -4.27. The predicted molar refractivity (Wildman–Crippen MR) is 161 cm³/mol. The van der Waals surface area contributed by atoms with Crippen molar-refractivity contribution < 1.29 is 37.3 Å². The molecule has 0 bridgehead atoms. The lowest BCUT2D eigenvalue weighted by atomic mass is 10.0. The molecule has 2 atom stereocenters. The number of rotatable bonds is 26. The average Bonchev–Trinajstić information content (AvgIpc) is 2.89. The van der Waals surface area contributed by atoms with E-state index in [9.17, 15) is 14.3 Å². The van der Waals surface area contributed by atoms with Crippen molar-refractivity contribution in [2.24, 2.45) is 0 Å². The zero-order valence-corrected chi connectivity index (χ0v) is 26.6. The quantitative estimate of drug-likeness (QED) is 0.0522. The van der Waals surface area contributed by atoms with Gasteiger partial charge in [0.2, 0.25) is 0 Å². The Hall–Kier alpha value is -1.28. The van der Waals surface area contributed by atoms with Gasteiger partial charge in [-0.1, -0.05) is 114 Å². The molecule has 0 amide bonds. The molecule has 1 rings (SSSR count). The highest BCUT2D eigenvalue weighted by atomic mass is 31.2. The van der Waals surface area contributed by atoms with Crippen LogP contribution in [0.3, 0.4) is 0 Å². The van der Waals surface area contributed by atoms with Gasteiger partial charge in [-0.25, -0.2) is 4.57 Å². The normalized spacial score (nSPS) is 14.1. The third-order valence-electron chi connectivity index (χ3n) is 6.64. The van der Waals surface area contributed by atoms with Gasteiger partial charge in [-0.3, -0.25) is 13.8 Å². The SMILES string of the molecule is CCCCCCCCCCCCCCCC(=O)O[C@H](COCc1ccccc1)COP(=O)(O)OCC[N+](C)(C)C. The molecular formula is C31H57NO7P+. The minimum Gasteiger partial charge on any atom is -0.457 e. The molecule has 0 aromatic heterocycles. The molecule has 232 valence electrons. The highest BCUT2D eigenvalue weighted by Crippen LogP contribution is 2.43. The second kappa shape index (κ2) is 22.3. The molecular weight excluding hydrogens is 529 g/mol. The third kappa shape index (κ3) is 22.4. The Balaban J connectivity index is 2.31. The van der Waals surface area contributed by atoms with E-state index in [1.54, 1.807) is 0 Å². The Bertz CT molecular complexity index is 801. The van der Waals surface area contributed by atoms with E-state index in [1.807, 2.05) is 51.5 Å². The van der Waals surface area contributed by atoms with Gasteiger partial charge in [-0.05, 0) is 12.0 Å². The minimum absolute atomic E-state index is 0.0537. The third-order valence-corrected chi connectivity index (χ3v) is 7.62. The molecule has 9 heteroatoms. The van der Waals surface area contributed by atoms with Crippen molar-refractivity contribution in [2.75, 3.05) is 47.5 Å². The lowest BCUT2D eigenvalue weighted by Crippen LogP contribution is -2.37. The summed E-state index contributed by atoms with van der Waals surface area (Å²) in [5, 5.41) is 0. The number of quaternary nitrogens is 1. The van der Waals surface area contributed by atoms with Gasteiger partial charge < -0.3 is 18.9 Å². The van der Waals surface area contributed by atoms with Crippen LogP contribution in [0.25, 0.3) is 0 Å². The van der Waals surface area contributed by atoms with Crippen LogP contribution in [0.4, 0.5) is 0 Å². The maximum Gasteiger partial charge on any atom is 0.472 e. The first-order valence-corrected chi connectivity index (χ1v) is 16.8. The molecule has 0 fully saturated rings. The Morgan fingerprint density at radius 1 is 0.825 bits per heavy atom. The van der Waals surface area contributed by atoms with Crippen molar-refractivity contribution in [1.82, 2.24) is 0 Å². The van der Waals surface area contributed by atoms with Crippen LogP contribution in [0.2, 0.25) is 0 Å². The van der Waals surface area contributed by atoms with E-state index in [0.29, 0.717) is 24.1 Å². The van der Waals surface area contributed by atoms with Crippen LogP contribution in [0.1, 0.15) is 102 Å². The van der Waals surface area contributed by atoms with Gasteiger partial charge in [0.05, 0.1) is 41.0 Å². The van der Waals surface area contributed by atoms with Crippen LogP contribution in [0.5, 0.6) is 0 Å². The Labute approximate surface area is 243 Å². The first-order chi connectivity index (χ1) is 19.1. The zero-order chi connectivity index (χ0) is 29.5. The standard InChI is InChI=1S/C31H56NO7P/c1-5-6-7-8-9-10-11-12-13-14-15-16-20-23-31(33)39-30(27-36-26-29-21-18-17-19-22-29)28-38-40(34,35)37-25-24-32(2,3)4/h17-19,21-22,30H,5-16,20,23-28H2,1-4H3/p+1/t30-/m1/s1. The maximum absolute atomic E-state index is 12.5. The number of nitrogens with zero attached hydrogens (tertiary/aromatic N) is 1. The number of benzene rings is 1. The van der Waals surface area contributed by atoms with E-state index in [-0.39, 0.29) is 25.8 Å². The molecule has 0 aliphatic rings. The molecule has 0 heterocycles. The summed E-state index contributed by atoms with van der Waals surface area (Å²) in [4.78, 5) is 22.6. The number of carbonyl (C=O) groups excluding carboxylic acids is 1. The fourth-order valence-corrected chi connectivity index (χ4v) is 4.92. The van der Waals surface area contributed by atoms with Crippen LogP contribution in [0, 0.1) is 0 Å². The molecule has 8 nitrogen and oxygen atoms in total. The first kappa shape index (κ1) is 36.7. The van der Waals surface area contributed by atoms with E-state index in [0.717, 1.165) is 24.8 Å². The molecule has 40 heavy (non-hydrogen) atoms. The first-order valence-electron chi connectivity index (χ1n) is 15.3. The highest BCUT2D eigenvalue weighted by molar-refractivity contribution is 7.47. The summed E-state index contributed by atoms with van der Waals surface area (Å²) < 4.78 is 34.4. The highest BCUT2D eigenvalue weighted by Gasteiger charge is 2.26. The van der Waals surface area contributed by atoms with E-state index < -0.39 is 13.9 Å². The number of hydrogen-bond acceptors (Lipinski definition) is 6. The van der Waals surface area contributed by atoms with Crippen LogP contribution in [-0.4, -0.2) is 69.0 Å². The van der Waals surface area contributed by atoms with Crippen molar-refractivity contribution in [3.63, 3.8) is 0 Å². The van der Waals surface area contributed by atoms with Crippen molar-refractivity contribution in [1.29, 1.82) is 0 Å². The van der Waals surface area contributed by atoms with Gasteiger partial charge in [-0.2, -0.15) is 0 Å². The smallest absolute Gasteiger partial charge is 0.457 e. The van der Waals surface area contributed by atoms with Gasteiger partial charge in [0, 0.05) is 6.42 Å². The summed E-state index contributed by atoms with van der Waals surface area (Å²) in [7, 11) is 1.61. The summed E-state index contributed by atoms with van der Waals surface area (Å²) in [6.45, 7) is 2.98. The van der Waals surface area contributed by atoms with Gasteiger partial charge in [0.15, 0.2) is 0 Å². The molecule has 0 radical (unpaired) electrons. The molecule has 0 aliphatic heterocycles. The summed E-state index contributed by atoms with van der Waals surface area (Å²) in [5.41, 5.74) is 0.983. The Morgan fingerprint density at radius 2 is 1.38 bits per heavy atom. The second-order valence-corrected chi connectivity index (χ2v) is 13.2. The van der Waals surface area contributed by atoms with Crippen LogP contribution >= 0.6 is 7.82 Å². The number of ether oxygens (including phenoxy) is 2. The molecule has 1 N–H and O–H groups in total. The lowest BCUT2D eigenvalue weighted by Gasteiger charge is -2.24. The molecule has 0 saturated carbocycles. The van der Waals surface area contributed by atoms with Crippen molar-refractivity contribution in [2.45, 2.75) is 110 Å². The van der Waals surface area contributed by atoms with E-state index in [2.05, 4.69) is 6.92 Å². The molecule has 1 unspecified atom stereocenters. The largest absolute Gasteiger partial charge is 0.472 e. The average molecular weight is 587 g/mol. The van der Waals surface area contributed by atoms with Crippen LogP contribution in [0.15, 0.2) is 30.3 Å². The number of phosphoric acid groups is 1. The van der Waals surface area contributed by atoms with Gasteiger partial charge in [0.1, 0.15) is 19.3 Å². The number of carbonyl (C=O) groups is 1. The lowest BCUT2D eigenvalue weighted by molar-refractivity contribution is -0.870. The van der Waals surface area contributed by atoms with Gasteiger partial charge in [-0.15, -0.1) is 0 Å². The molecule has 1 aromatic rings. The summed E-state index contributed by atoms with van der Waals surface area (Å²) in [5.74, 6) is -0.348. The summed E-state index contributed by atoms with van der Waals surface area (Å²) in [6, 6.07) is 9.65. The zero-order valence-electron chi connectivity index (χ0n) is 25.7. The number of phosphoric ester groups is 1. The Kier molecular flexibility index (Phi) is 20.5. The van der Waals surface area contributed by atoms with Crippen LogP contribution < -0.4 is 0 Å². The number of unbranched alkanes of at least 4 members (excludes halogenated alkanes) is 12. The van der Waals surface area contributed by atoms with Gasteiger partial charge in [0.25, 0.3) is 0 Å². The van der Waals surface area contributed by atoms with Gasteiger partial charge >= 0.3 is 13.8 Å². The molecule has 0 saturated heterocycles. The van der Waals surface area contributed by atoms with Crippen molar-refractivity contribution >= 4 is 13.8 Å². The monoisotopic (exact) mass is 586 g/mol. The van der Waals surface area contributed by atoms with Crippen molar-refractivity contribution in [3.8, 4) is 0 Å². The predicted octanol–water partition coefficient (Wildman–Crippen LogP) is 7.44. The fraction of sp³-hybridized carbons (Fsp3) is 0.774. The summed E-state index contributed by atoms with van der Waals surface area (Å²) >= 11 is 0. The molecule has 1 aromatic carbocycles. The van der Waals surface area contributed by atoms with E-state index >= 15 is 0 Å². The number of likely N-dealkylation sites (N-methyl/N-ethyl adjacent to an activating group) is 1. The second-order valence-electron chi connectivity index (χ2n) is 11.7.